The molecular formula is C25H22N4O2. The van der Waals surface area contributed by atoms with E-state index >= 15 is 0 Å². The van der Waals surface area contributed by atoms with Crippen molar-refractivity contribution in [2.75, 3.05) is 6.61 Å². The lowest BCUT2D eigenvalue weighted by molar-refractivity contribution is 0.0538. The first kappa shape index (κ1) is 19.2. The number of aliphatic hydroxyl groups excluding tert-OH is 1. The van der Waals surface area contributed by atoms with Crippen LogP contribution in [0.25, 0.3) is 16.9 Å². The summed E-state index contributed by atoms with van der Waals surface area (Å²) in [7, 11) is 0. The molecule has 2 aromatic carbocycles. The minimum absolute atomic E-state index is 0.0866. The molecule has 0 bridgehead atoms. The van der Waals surface area contributed by atoms with Crippen molar-refractivity contribution in [3.8, 4) is 16.9 Å². The highest BCUT2D eigenvalue weighted by atomic mass is 16.3. The first-order chi connectivity index (χ1) is 15.2. The molecule has 4 aromatic rings. The van der Waals surface area contributed by atoms with Crippen LogP contribution < -0.4 is 0 Å². The minimum atomic E-state index is -0.270. The Morgan fingerprint density at radius 3 is 2.42 bits per heavy atom. The van der Waals surface area contributed by atoms with Crippen LogP contribution in [0.15, 0.2) is 85.2 Å². The van der Waals surface area contributed by atoms with Gasteiger partial charge in [-0.25, -0.2) is 4.68 Å². The topological polar surface area (TPSA) is 71.2 Å². The van der Waals surface area contributed by atoms with Gasteiger partial charge in [0.05, 0.1) is 24.0 Å². The molecule has 6 heteroatoms. The second kappa shape index (κ2) is 8.16. The zero-order valence-electron chi connectivity index (χ0n) is 16.9. The number of aliphatic hydroxyl groups is 1. The van der Waals surface area contributed by atoms with E-state index in [4.69, 9.17) is 0 Å². The fourth-order valence-electron chi connectivity index (χ4n) is 4.12. The van der Waals surface area contributed by atoms with Crippen molar-refractivity contribution >= 4 is 5.91 Å². The van der Waals surface area contributed by atoms with Crippen molar-refractivity contribution in [3.63, 3.8) is 0 Å². The summed E-state index contributed by atoms with van der Waals surface area (Å²) in [6, 6.07) is 23.2. The molecule has 6 nitrogen and oxygen atoms in total. The molecule has 154 valence electrons. The lowest BCUT2D eigenvalue weighted by atomic mass is 9.94. The van der Waals surface area contributed by atoms with Gasteiger partial charge in [-0.1, -0.05) is 42.5 Å². The van der Waals surface area contributed by atoms with Crippen molar-refractivity contribution in [2.24, 2.45) is 0 Å². The number of fused-ring (bicyclic) bond motifs is 1. The standard InChI is InChI=1S/C25H22N4O2/c30-17-22-14-19-6-4-5-7-20(19)16-28(22)25(31)23-15-24(18-10-12-26-13-11-18)29(27-23)21-8-2-1-3-9-21/h1-13,15,22,30H,14,16-17H2. The van der Waals surface area contributed by atoms with E-state index in [0.717, 1.165) is 22.5 Å². The molecule has 0 saturated heterocycles. The van der Waals surface area contributed by atoms with E-state index in [1.807, 2.05) is 66.7 Å². The van der Waals surface area contributed by atoms with E-state index in [-0.39, 0.29) is 18.6 Å². The molecule has 1 aliphatic heterocycles. The third-order valence-electron chi connectivity index (χ3n) is 5.73. The lowest BCUT2D eigenvalue weighted by Gasteiger charge is -2.35. The largest absolute Gasteiger partial charge is 0.394 e. The SMILES string of the molecule is O=C(c1cc(-c2ccncc2)n(-c2ccccc2)n1)N1Cc2ccccc2CC1CO. The minimum Gasteiger partial charge on any atom is -0.394 e. The first-order valence-corrected chi connectivity index (χ1v) is 10.3. The van der Waals surface area contributed by atoms with Gasteiger partial charge in [0, 0.05) is 24.5 Å². The van der Waals surface area contributed by atoms with E-state index < -0.39 is 0 Å². The van der Waals surface area contributed by atoms with Crippen molar-refractivity contribution in [3.05, 3.63) is 102 Å². The maximum Gasteiger partial charge on any atom is 0.275 e. The second-order valence-electron chi connectivity index (χ2n) is 7.64. The van der Waals surface area contributed by atoms with Crippen LogP contribution in [0.3, 0.4) is 0 Å². The molecule has 1 aliphatic rings. The van der Waals surface area contributed by atoms with Gasteiger partial charge in [-0.05, 0) is 47.9 Å². The lowest BCUT2D eigenvalue weighted by Crippen LogP contribution is -2.46. The average Bonchev–Trinajstić information content (AvgIpc) is 3.29. The van der Waals surface area contributed by atoms with Crippen molar-refractivity contribution in [2.45, 2.75) is 19.0 Å². The van der Waals surface area contributed by atoms with Crippen LogP contribution in [0.1, 0.15) is 21.6 Å². The maximum absolute atomic E-state index is 13.5. The highest BCUT2D eigenvalue weighted by Crippen LogP contribution is 2.28. The van der Waals surface area contributed by atoms with E-state index in [1.54, 1.807) is 22.0 Å². The number of benzene rings is 2. The summed E-state index contributed by atoms with van der Waals surface area (Å²) in [5.41, 5.74) is 5.25. The molecule has 5 rings (SSSR count). The summed E-state index contributed by atoms with van der Waals surface area (Å²) in [6.07, 6.45) is 4.08. The number of pyridine rings is 1. The Morgan fingerprint density at radius 2 is 1.68 bits per heavy atom. The summed E-state index contributed by atoms with van der Waals surface area (Å²) in [5, 5.41) is 14.7. The summed E-state index contributed by atoms with van der Waals surface area (Å²) in [4.78, 5) is 19.4. The second-order valence-corrected chi connectivity index (χ2v) is 7.64. The summed E-state index contributed by atoms with van der Waals surface area (Å²) >= 11 is 0. The van der Waals surface area contributed by atoms with Crippen LogP contribution in [0.4, 0.5) is 0 Å². The zero-order valence-corrected chi connectivity index (χ0v) is 16.9. The third kappa shape index (κ3) is 3.62. The first-order valence-electron chi connectivity index (χ1n) is 10.3. The van der Waals surface area contributed by atoms with Crippen LogP contribution in [-0.2, 0) is 13.0 Å². The fourth-order valence-corrected chi connectivity index (χ4v) is 4.12. The van der Waals surface area contributed by atoms with E-state index in [9.17, 15) is 9.90 Å². The van der Waals surface area contributed by atoms with Crippen LogP contribution in [0, 0.1) is 0 Å². The molecule has 0 aliphatic carbocycles. The number of aromatic nitrogens is 3. The van der Waals surface area contributed by atoms with Gasteiger partial charge in [-0.15, -0.1) is 0 Å². The van der Waals surface area contributed by atoms with Gasteiger partial charge in [0.1, 0.15) is 0 Å². The van der Waals surface area contributed by atoms with Crippen molar-refractivity contribution in [1.82, 2.24) is 19.7 Å². The number of hydrogen-bond acceptors (Lipinski definition) is 4. The van der Waals surface area contributed by atoms with Crippen molar-refractivity contribution < 1.29 is 9.90 Å². The molecule has 1 atom stereocenters. The van der Waals surface area contributed by atoms with Gasteiger partial charge in [0.2, 0.25) is 0 Å². The highest BCUT2D eigenvalue weighted by molar-refractivity contribution is 5.94. The fraction of sp³-hybridized carbons (Fsp3) is 0.160. The number of hydrogen-bond donors (Lipinski definition) is 1. The molecule has 0 radical (unpaired) electrons. The Morgan fingerprint density at radius 1 is 0.968 bits per heavy atom. The quantitative estimate of drug-likeness (QED) is 0.559. The number of para-hydroxylation sites is 1. The molecule has 0 saturated carbocycles. The molecule has 0 fully saturated rings. The van der Waals surface area contributed by atoms with Gasteiger partial charge in [-0.3, -0.25) is 9.78 Å². The molecule has 2 aromatic heterocycles. The predicted octanol–water partition coefficient (Wildman–Crippen LogP) is 3.49. The zero-order chi connectivity index (χ0) is 21.2. The number of rotatable bonds is 4. The van der Waals surface area contributed by atoms with Crippen LogP contribution in [-0.4, -0.2) is 43.3 Å². The Bertz CT molecular complexity index is 1150. The van der Waals surface area contributed by atoms with Crippen LogP contribution in [0.2, 0.25) is 0 Å². The Hall–Kier alpha value is -3.77. The number of carbonyl (C=O) groups is 1. The van der Waals surface area contributed by atoms with Gasteiger partial charge < -0.3 is 10.0 Å². The predicted molar refractivity (Wildman–Crippen MR) is 118 cm³/mol. The number of carbonyl (C=O) groups excluding carboxylic acids is 1. The van der Waals surface area contributed by atoms with Gasteiger partial charge in [0.25, 0.3) is 5.91 Å². The van der Waals surface area contributed by atoms with Crippen LogP contribution in [0.5, 0.6) is 0 Å². The summed E-state index contributed by atoms with van der Waals surface area (Å²) in [5.74, 6) is -0.182. The van der Waals surface area contributed by atoms with Gasteiger partial charge in [0.15, 0.2) is 5.69 Å². The monoisotopic (exact) mass is 410 g/mol. The van der Waals surface area contributed by atoms with E-state index in [2.05, 4.69) is 16.1 Å². The highest BCUT2D eigenvalue weighted by Gasteiger charge is 2.31. The molecule has 3 heterocycles. The Kier molecular flexibility index (Phi) is 5.06. The van der Waals surface area contributed by atoms with E-state index in [0.29, 0.717) is 18.7 Å². The average molecular weight is 410 g/mol. The number of nitrogens with zero attached hydrogens (tertiary/aromatic N) is 4. The normalized spacial score (nSPS) is 15.5. The van der Waals surface area contributed by atoms with Crippen LogP contribution >= 0.6 is 0 Å². The molecule has 1 N–H and O–H groups in total. The Balaban J connectivity index is 1.56. The maximum atomic E-state index is 13.5. The summed E-state index contributed by atoms with van der Waals surface area (Å²) < 4.78 is 1.79. The molecular weight excluding hydrogens is 388 g/mol. The molecule has 0 spiro atoms. The van der Waals surface area contributed by atoms with E-state index in [1.165, 1.54) is 5.56 Å². The molecule has 1 unspecified atom stereocenters. The van der Waals surface area contributed by atoms with Gasteiger partial charge in [-0.2, -0.15) is 5.10 Å². The van der Waals surface area contributed by atoms with Crippen molar-refractivity contribution in [1.29, 1.82) is 0 Å². The third-order valence-corrected chi connectivity index (χ3v) is 5.73. The summed E-state index contributed by atoms with van der Waals surface area (Å²) in [6.45, 7) is 0.375. The molecule has 1 amide bonds. The molecule has 31 heavy (non-hydrogen) atoms. The van der Waals surface area contributed by atoms with Gasteiger partial charge >= 0.3 is 0 Å². The Labute approximate surface area is 180 Å². The smallest absolute Gasteiger partial charge is 0.275 e. The number of amides is 1.